The fourth-order valence-corrected chi connectivity index (χ4v) is 3.87. The van der Waals surface area contributed by atoms with Crippen LogP contribution >= 0.6 is 0 Å². The van der Waals surface area contributed by atoms with Gasteiger partial charge in [-0.1, -0.05) is 103 Å². The zero-order valence-corrected chi connectivity index (χ0v) is 19.3. The molecule has 0 heterocycles. The first kappa shape index (κ1) is 26.3. The van der Waals surface area contributed by atoms with Gasteiger partial charge in [0, 0.05) is 6.07 Å². The molecule has 0 aliphatic carbocycles. The van der Waals surface area contributed by atoms with E-state index < -0.39 is 4.92 Å². The van der Waals surface area contributed by atoms with Crippen molar-refractivity contribution in [3.63, 3.8) is 0 Å². The lowest BCUT2D eigenvalue weighted by molar-refractivity contribution is -0.385. The van der Waals surface area contributed by atoms with Gasteiger partial charge in [-0.2, -0.15) is 0 Å². The minimum atomic E-state index is -0.448. The highest BCUT2D eigenvalue weighted by atomic mass is 16.6. The summed E-state index contributed by atoms with van der Waals surface area (Å²) in [5.41, 5.74) is 0.367. The molecule has 0 radical (unpaired) electrons. The van der Waals surface area contributed by atoms with E-state index in [4.69, 9.17) is 4.74 Å². The average molecular weight is 422 g/mol. The molecule has 0 aliphatic heterocycles. The maximum absolute atomic E-state index is 11.0. The van der Waals surface area contributed by atoms with Crippen LogP contribution in [0.2, 0.25) is 0 Å². The highest BCUT2D eigenvalue weighted by Crippen LogP contribution is 2.35. The van der Waals surface area contributed by atoms with E-state index in [1.165, 1.54) is 102 Å². The second-order valence-electron chi connectivity index (χ2n) is 8.47. The molecule has 5 heteroatoms. The van der Waals surface area contributed by atoms with Gasteiger partial charge in [-0.25, -0.2) is 0 Å². The molecule has 0 amide bonds. The normalized spacial score (nSPS) is 11.0. The van der Waals surface area contributed by atoms with Crippen molar-refractivity contribution in [2.75, 3.05) is 6.61 Å². The lowest BCUT2D eigenvalue weighted by Gasteiger charge is -2.11. The summed E-state index contributed by atoms with van der Waals surface area (Å²) >= 11 is 0. The number of hydrogen-bond donors (Lipinski definition) is 1. The number of phenolic OH excluding ortho intramolecular Hbond substituents is 1. The van der Waals surface area contributed by atoms with Crippen LogP contribution in [0.1, 0.15) is 115 Å². The number of phenols is 1. The van der Waals surface area contributed by atoms with Crippen molar-refractivity contribution < 1.29 is 14.8 Å². The molecule has 30 heavy (non-hydrogen) atoms. The van der Waals surface area contributed by atoms with Crippen molar-refractivity contribution >= 4 is 5.69 Å². The summed E-state index contributed by atoms with van der Waals surface area (Å²) in [7, 11) is 0. The Labute approximate surface area is 183 Å². The summed E-state index contributed by atoms with van der Waals surface area (Å²) in [5, 5.41) is 20.9. The van der Waals surface area contributed by atoms with Crippen LogP contribution in [0.25, 0.3) is 0 Å². The molecule has 0 bridgehead atoms. The van der Waals surface area contributed by atoms with Crippen LogP contribution in [0.15, 0.2) is 12.1 Å². The minimum Gasteiger partial charge on any atom is -0.504 e. The Hall–Kier alpha value is -1.78. The van der Waals surface area contributed by atoms with Crippen LogP contribution < -0.4 is 4.74 Å². The summed E-state index contributed by atoms with van der Waals surface area (Å²) in [6.07, 6.45) is 21.1. The van der Waals surface area contributed by atoms with E-state index in [1.807, 2.05) is 0 Å². The lowest BCUT2D eigenvalue weighted by atomic mass is 10.0. The summed E-state index contributed by atoms with van der Waals surface area (Å²) in [5.74, 6) is 0.208. The van der Waals surface area contributed by atoms with E-state index >= 15 is 0 Å². The SMILES string of the molecule is CCCCCCCCCCCCCCCCCCOc1c(O)ccc([N+](=O)[O-])c1C. The number of aromatic hydroxyl groups is 1. The average Bonchev–Trinajstić information content (AvgIpc) is 2.72. The van der Waals surface area contributed by atoms with Crippen LogP contribution in [-0.4, -0.2) is 16.6 Å². The van der Waals surface area contributed by atoms with Crippen molar-refractivity contribution in [3.05, 3.63) is 27.8 Å². The molecule has 0 aromatic heterocycles. The summed E-state index contributed by atoms with van der Waals surface area (Å²) in [6, 6.07) is 2.64. The van der Waals surface area contributed by atoms with E-state index in [1.54, 1.807) is 6.92 Å². The van der Waals surface area contributed by atoms with Gasteiger partial charge >= 0.3 is 0 Å². The van der Waals surface area contributed by atoms with Gasteiger partial charge in [0.15, 0.2) is 11.5 Å². The van der Waals surface area contributed by atoms with E-state index in [0.717, 1.165) is 12.8 Å². The van der Waals surface area contributed by atoms with Gasteiger partial charge in [-0.15, -0.1) is 0 Å². The molecule has 1 aromatic rings. The first-order valence-corrected chi connectivity index (χ1v) is 12.2. The Morgan fingerprint density at radius 2 is 1.23 bits per heavy atom. The number of hydrogen-bond acceptors (Lipinski definition) is 4. The van der Waals surface area contributed by atoms with Crippen molar-refractivity contribution in [2.45, 2.75) is 117 Å². The number of unbranched alkanes of at least 4 members (excludes halogenated alkanes) is 15. The second-order valence-corrected chi connectivity index (χ2v) is 8.47. The van der Waals surface area contributed by atoms with Crippen molar-refractivity contribution in [2.24, 2.45) is 0 Å². The number of rotatable bonds is 19. The topological polar surface area (TPSA) is 72.6 Å². The zero-order valence-electron chi connectivity index (χ0n) is 19.3. The molecule has 0 saturated carbocycles. The van der Waals surface area contributed by atoms with Crippen LogP contribution in [0.5, 0.6) is 11.5 Å². The van der Waals surface area contributed by atoms with Gasteiger partial charge in [0.25, 0.3) is 5.69 Å². The van der Waals surface area contributed by atoms with Crippen LogP contribution in [-0.2, 0) is 0 Å². The van der Waals surface area contributed by atoms with E-state index in [2.05, 4.69) is 6.92 Å². The summed E-state index contributed by atoms with van der Waals surface area (Å²) in [6.45, 7) is 4.36. The quantitative estimate of drug-likeness (QED) is 0.139. The van der Waals surface area contributed by atoms with E-state index in [0.29, 0.717) is 12.2 Å². The molecule has 0 spiro atoms. The molecule has 0 aliphatic rings. The van der Waals surface area contributed by atoms with Crippen molar-refractivity contribution in [1.29, 1.82) is 0 Å². The molecule has 0 fully saturated rings. The number of ether oxygens (including phenoxy) is 1. The van der Waals surface area contributed by atoms with Gasteiger partial charge in [0.2, 0.25) is 0 Å². The largest absolute Gasteiger partial charge is 0.504 e. The Bertz CT molecular complexity index is 589. The third-order valence-electron chi connectivity index (χ3n) is 5.80. The van der Waals surface area contributed by atoms with Crippen molar-refractivity contribution in [3.8, 4) is 11.5 Å². The Balaban J connectivity index is 1.94. The van der Waals surface area contributed by atoms with Gasteiger partial charge in [-0.05, 0) is 19.4 Å². The standard InChI is InChI=1S/C25H43NO4/c1-3-4-5-6-7-8-9-10-11-12-13-14-15-16-17-18-21-30-25-22(2)23(26(28)29)19-20-24(25)27/h19-20,27H,3-18,21H2,1-2H3. The van der Waals surface area contributed by atoms with Crippen LogP contribution in [0.4, 0.5) is 5.69 Å². The number of benzene rings is 1. The van der Waals surface area contributed by atoms with Gasteiger partial charge < -0.3 is 9.84 Å². The minimum absolute atomic E-state index is 0.0187. The zero-order chi connectivity index (χ0) is 22.0. The Morgan fingerprint density at radius 1 is 0.800 bits per heavy atom. The van der Waals surface area contributed by atoms with Gasteiger partial charge in [0.1, 0.15) is 0 Å². The highest BCUT2D eigenvalue weighted by Gasteiger charge is 2.18. The third-order valence-corrected chi connectivity index (χ3v) is 5.80. The van der Waals surface area contributed by atoms with Gasteiger partial charge in [-0.3, -0.25) is 10.1 Å². The van der Waals surface area contributed by atoms with Crippen molar-refractivity contribution in [1.82, 2.24) is 0 Å². The third kappa shape index (κ3) is 11.4. The number of nitrogens with zero attached hydrogens (tertiary/aromatic N) is 1. The summed E-state index contributed by atoms with van der Waals surface area (Å²) in [4.78, 5) is 10.5. The van der Waals surface area contributed by atoms with E-state index in [-0.39, 0.29) is 17.2 Å². The van der Waals surface area contributed by atoms with E-state index in [9.17, 15) is 15.2 Å². The predicted molar refractivity (Wildman–Crippen MR) is 125 cm³/mol. The molecule has 1 rings (SSSR count). The fraction of sp³-hybridized carbons (Fsp3) is 0.760. The molecule has 0 unspecified atom stereocenters. The monoisotopic (exact) mass is 421 g/mol. The Morgan fingerprint density at radius 3 is 1.67 bits per heavy atom. The molecule has 1 aromatic carbocycles. The first-order valence-electron chi connectivity index (χ1n) is 12.2. The fourth-order valence-electron chi connectivity index (χ4n) is 3.87. The molecule has 0 saturated heterocycles. The maximum Gasteiger partial charge on any atom is 0.276 e. The molecular weight excluding hydrogens is 378 g/mol. The maximum atomic E-state index is 11.0. The van der Waals surface area contributed by atoms with Crippen LogP contribution in [0, 0.1) is 17.0 Å². The molecule has 0 atom stereocenters. The van der Waals surface area contributed by atoms with Gasteiger partial charge in [0.05, 0.1) is 17.1 Å². The van der Waals surface area contributed by atoms with Crippen LogP contribution in [0.3, 0.4) is 0 Å². The molecule has 5 nitrogen and oxygen atoms in total. The Kier molecular flexibility index (Phi) is 14.8. The highest BCUT2D eigenvalue weighted by molar-refractivity contribution is 5.55. The number of nitro benzene ring substituents is 1. The molecule has 1 N–H and O–H groups in total. The molecular formula is C25H43NO4. The smallest absolute Gasteiger partial charge is 0.276 e. The first-order chi connectivity index (χ1) is 14.6. The number of nitro groups is 1. The predicted octanol–water partition coefficient (Wildman–Crippen LogP) is 8.25. The second kappa shape index (κ2) is 17.0. The molecule has 172 valence electrons. The lowest BCUT2D eigenvalue weighted by Crippen LogP contribution is -2.01. The summed E-state index contributed by atoms with van der Waals surface area (Å²) < 4.78 is 5.62.